The summed E-state index contributed by atoms with van der Waals surface area (Å²) in [6.45, 7) is 0.204. The second-order valence-corrected chi connectivity index (χ2v) is 6.20. The first-order valence-corrected chi connectivity index (χ1v) is 7.32. The van der Waals surface area contributed by atoms with Crippen molar-refractivity contribution in [3.8, 4) is 11.4 Å². The first-order valence-electron chi connectivity index (χ1n) is 5.26. The highest BCUT2D eigenvalue weighted by Gasteiger charge is 2.13. The number of aryl methyl sites for hydroxylation is 1. The van der Waals surface area contributed by atoms with Gasteiger partial charge in [0.05, 0.1) is 12.3 Å². The molecule has 7 nitrogen and oxygen atoms in total. The van der Waals surface area contributed by atoms with E-state index < -0.39 is 9.84 Å². The minimum absolute atomic E-state index is 0.0161. The van der Waals surface area contributed by atoms with E-state index in [4.69, 9.17) is 5.73 Å². The molecule has 0 aliphatic rings. The zero-order chi connectivity index (χ0) is 13.2. The molecule has 0 bridgehead atoms. The van der Waals surface area contributed by atoms with Crippen LogP contribution in [0.15, 0.2) is 24.3 Å². The Bertz CT molecular complexity index is 650. The van der Waals surface area contributed by atoms with Crippen molar-refractivity contribution in [1.82, 2.24) is 20.2 Å². The molecule has 0 spiro atoms. The second-order valence-electron chi connectivity index (χ2n) is 3.94. The fourth-order valence-corrected chi connectivity index (χ4v) is 2.01. The number of nitrogen functional groups attached to an aromatic ring is 1. The highest BCUT2D eigenvalue weighted by atomic mass is 32.2. The number of rotatable bonds is 4. The largest absolute Gasteiger partial charge is 0.398 e. The van der Waals surface area contributed by atoms with Gasteiger partial charge in [-0.25, -0.2) is 13.1 Å². The van der Waals surface area contributed by atoms with E-state index in [2.05, 4.69) is 15.5 Å². The van der Waals surface area contributed by atoms with E-state index in [1.54, 1.807) is 12.1 Å². The van der Waals surface area contributed by atoms with Crippen molar-refractivity contribution >= 4 is 15.5 Å². The molecular formula is C10H13N5O2S. The molecule has 2 rings (SSSR count). The van der Waals surface area contributed by atoms with Gasteiger partial charge < -0.3 is 5.73 Å². The molecule has 96 valence electrons. The molecular weight excluding hydrogens is 254 g/mol. The van der Waals surface area contributed by atoms with Gasteiger partial charge in [0.1, 0.15) is 9.84 Å². The van der Waals surface area contributed by atoms with Gasteiger partial charge in [0.2, 0.25) is 0 Å². The lowest BCUT2D eigenvalue weighted by Crippen LogP contribution is -2.13. The number of nitrogens with two attached hydrogens (primary N) is 1. The zero-order valence-corrected chi connectivity index (χ0v) is 10.6. The van der Waals surface area contributed by atoms with Crippen LogP contribution in [0, 0.1) is 0 Å². The molecule has 0 saturated heterocycles. The van der Waals surface area contributed by atoms with E-state index >= 15 is 0 Å². The van der Waals surface area contributed by atoms with Crippen LogP contribution in [0.25, 0.3) is 11.4 Å². The highest BCUT2D eigenvalue weighted by molar-refractivity contribution is 7.90. The number of tetrazole rings is 1. The number of hydrogen-bond donors (Lipinski definition) is 1. The molecule has 18 heavy (non-hydrogen) atoms. The molecule has 2 N–H and O–H groups in total. The average molecular weight is 267 g/mol. The molecule has 0 saturated carbocycles. The quantitative estimate of drug-likeness (QED) is 0.780. The van der Waals surface area contributed by atoms with E-state index in [9.17, 15) is 8.42 Å². The molecule has 0 unspecified atom stereocenters. The number of para-hydroxylation sites is 1. The van der Waals surface area contributed by atoms with Gasteiger partial charge >= 0.3 is 0 Å². The molecule has 0 radical (unpaired) electrons. The minimum Gasteiger partial charge on any atom is -0.398 e. The lowest BCUT2D eigenvalue weighted by molar-refractivity contribution is 0.581. The van der Waals surface area contributed by atoms with Crippen LogP contribution in [0.1, 0.15) is 0 Å². The first kappa shape index (κ1) is 12.5. The lowest BCUT2D eigenvalue weighted by atomic mass is 10.2. The molecule has 1 heterocycles. The van der Waals surface area contributed by atoms with Crippen LogP contribution in [-0.4, -0.2) is 40.6 Å². The average Bonchev–Trinajstić information content (AvgIpc) is 2.74. The predicted octanol–water partition coefficient (Wildman–Crippen LogP) is -0.0331. The van der Waals surface area contributed by atoms with Crippen molar-refractivity contribution in [1.29, 1.82) is 0 Å². The fraction of sp³-hybridized carbons (Fsp3) is 0.300. The number of nitrogens with zero attached hydrogens (tertiary/aromatic N) is 4. The van der Waals surface area contributed by atoms with Gasteiger partial charge in [-0.2, -0.15) is 0 Å². The van der Waals surface area contributed by atoms with Crippen molar-refractivity contribution in [2.75, 3.05) is 17.7 Å². The van der Waals surface area contributed by atoms with Gasteiger partial charge in [0.15, 0.2) is 5.82 Å². The van der Waals surface area contributed by atoms with E-state index in [1.165, 1.54) is 10.9 Å². The van der Waals surface area contributed by atoms with Crippen LogP contribution in [0.4, 0.5) is 5.69 Å². The maximum Gasteiger partial charge on any atom is 0.184 e. The number of benzene rings is 1. The minimum atomic E-state index is -3.06. The first-order chi connectivity index (χ1) is 8.47. The maximum atomic E-state index is 11.1. The van der Waals surface area contributed by atoms with Crippen LogP contribution in [0.3, 0.4) is 0 Å². The van der Waals surface area contributed by atoms with Crippen LogP contribution in [0.5, 0.6) is 0 Å². The molecule has 0 aliphatic carbocycles. The van der Waals surface area contributed by atoms with Crippen LogP contribution in [0.2, 0.25) is 0 Å². The van der Waals surface area contributed by atoms with Crippen molar-refractivity contribution in [3.05, 3.63) is 24.3 Å². The Balaban J connectivity index is 2.31. The topological polar surface area (TPSA) is 104 Å². The summed E-state index contributed by atoms with van der Waals surface area (Å²) in [6.07, 6.45) is 1.17. The Labute approximate surface area is 105 Å². The summed E-state index contributed by atoms with van der Waals surface area (Å²) >= 11 is 0. The summed E-state index contributed by atoms with van der Waals surface area (Å²) < 4.78 is 23.7. The third-order valence-electron chi connectivity index (χ3n) is 2.41. The molecule has 0 amide bonds. The summed E-state index contributed by atoms with van der Waals surface area (Å²) in [5.74, 6) is 0.453. The fourth-order valence-electron chi connectivity index (χ4n) is 1.50. The maximum absolute atomic E-state index is 11.1. The summed E-state index contributed by atoms with van der Waals surface area (Å²) in [7, 11) is -3.06. The van der Waals surface area contributed by atoms with Gasteiger partial charge in [-0.3, -0.25) is 0 Å². The Morgan fingerprint density at radius 2 is 2.06 bits per heavy atom. The Kier molecular flexibility index (Phi) is 3.28. The Hall–Kier alpha value is -1.96. The predicted molar refractivity (Wildman–Crippen MR) is 67.4 cm³/mol. The number of hydrogen-bond acceptors (Lipinski definition) is 6. The van der Waals surface area contributed by atoms with Crippen LogP contribution < -0.4 is 5.73 Å². The van der Waals surface area contributed by atoms with Gasteiger partial charge in [0.25, 0.3) is 0 Å². The monoisotopic (exact) mass is 267 g/mol. The third kappa shape index (κ3) is 2.83. The summed E-state index contributed by atoms with van der Waals surface area (Å²) in [5.41, 5.74) is 7.08. The number of anilines is 1. The van der Waals surface area contributed by atoms with Gasteiger partial charge in [0, 0.05) is 17.5 Å². The molecule has 1 aromatic carbocycles. The molecule has 0 fully saturated rings. The van der Waals surface area contributed by atoms with Gasteiger partial charge in [-0.05, 0) is 22.6 Å². The Morgan fingerprint density at radius 1 is 1.33 bits per heavy atom. The molecule has 0 atom stereocenters. The number of aromatic nitrogens is 4. The number of sulfone groups is 1. The summed E-state index contributed by atoms with van der Waals surface area (Å²) in [4.78, 5) is 0. The zero-order valence-electron chi connectivity index (χ0n) is 9.81. The summed E-state index contributed by atoms with van der Waals surface area (Å²) in [5, 5.41) is 11.2. The van der Waals surface area contributed by atoms with Crippen molar-refractivity contribution in [2.24, 2.45) is 0 Å². The van der Waals surface area contributed by atoms with E-state index in [0.29, 0.717) is 17.1 Å². The van der Waals surface area contributed by atoms with Gasteiger partial charge in [-0.1, -0.05) is 12.1 Å². The molecule has 0 aliphatic heterocycles. The van der Waals surface area contributed by atoms with Crippen LogP contribution >= 0.6 is 0 Å². The Morgan fingerprint density at radius 3 is 2.72 bits per heavy atom. The van der Waals surface area contributed by atoms with Crippen molar-refractivity contribution in [2.45, 2.75) is 6.54 Å². The van der Waals surface area contributed by atoms with Gasteiger partial charge in [-0.15, -0.1) is 5.10 Å². The van der Waals surface area contributed by atoms with Crippen molar-refractivity contribution in [3.63, 3.8) is 0 Å². The normalized spacial score (nSPS) is 11.6. The van der Waals surface area contributed by atoms with E-state index in [0.717, 1.165) is 0 Å². The van der Waals surface area contributed by atoms with E-state index in [1.807, 2.05) is 12.1 Å². The van der Waals surface area contributed by atoms with Crippen LogP contribution in [-0.2, 0) is 16.4 Å². The second kappa shape index (κ2) is 4.73. The van der Waals surface area contributed by atoms with Crippen molar-refractivity contribution < 1.29 is 8.42 Å². The molecule has 2 aromatic rings. The molecule has 8 heteroatoms. The third-order valence-corrected chi connectivity index (χ3v) is 3.33. The summed E-state index contributed by atoms with van der Waals surface area (Å²) in [6, 6.07) is 7.16. The molecule has 1 aromatic heterocycles. The SMILES string of the molecule is CS(=O)(=O)CCn1nnnc1-c1ccccc1N. The van der Waals surface area contributed by atoms with E-state index in [-0.39, 0.29) is 12.3 Å². The smallest absolute Gasteiger partial charge is 0.184 e. The standard InChI is InChI=1S/C10H13N5O2S/c1-18(16,17)7-6-15-10(12-13-14-15)8-4-2-3-5-9(8)11/h2-5H,6-7,11H2,1H3. The highest BCUT2D eigenvalue weighted by Crippen LogP contribution is 2.22. The lowest BCUT2D eigenvalue weighted by Gasteiger charge is -2.05.